The molecule has 0 saturated heterocycles. The second-order valence-corrected chi connectivity index (χ2v) is 7.14. The molecule has 3 nitrogen and oxygen atoms in total. The highest BCUT2D eigenvalue weighted by Crippen LogP contribution is 2.39. The third kappa shape index (κ3) is 4.90. The smallest absolute Gasteiger partial charge is 0.0556 e. The van der Waals surface area contributed by atoms with E-state index in [9.17, 15) is 0 Å². The zero-order chi connectivity index (χ0) is 16.1. The lowest BCUT2D eigenvalue weighted by Gasteiger charge is -2.30. The summed E-state index contributed by atoms with van der Waals surface area (Å²) in [4.78, 5) is 0. The molecule has 1 aromatic rings. The van der Waals surface area contributed by atoms with Crippen LogP contribution in [0.1, 0.15) is 44.6 Å². The minimum absolute atomic E-state index is 0.245. The van der Waals surface area contributed by atoms with E-state index in [1.807, 2.05) is 0 Å². The van der Waals surface area contributed by atoms with Gasteiger partial charge in [-0.15, -0.1) is 0 Å². The Balaban J connectivity index is 1.41. The number of nitrogens with one attached hydrogen (secondary N) is 2. The maximum atomic E-state index is 8.88. The molecule has 0 aromatic heterocycles. The molecule has 2 atom stereocenters. The Kier molecular flexibility index (Phi) is 5.87. The van der Waals surface area contributed by atoms with E-state index in [2.05, 4.69) is 54.0 Å². The van der Waals surface area contributed by atoms with Gasteiger partial charge in [-0.1, -0.05) is 42.0 Å². The van der Waals surface area contributed by atoms with Gasteiger partial charge in [0.05, 0.1) is 6.61 Å². The Hall–Kier alpha value is -1.16. The minimum Gasteiger partial charge on any atom is -0.395 e. The van der Waals surface area contributed by atoms with Crippen LogP contribution >= 0.6 is 0 Å². The predicted molar refractivity (Wildman–Crippen MR) is 96.3 cm³/mol. The van der Waals surface area contributed by atoms with Crippen LogP contribution in [0.3, 0.4) is 0 Å². The summed E-state index contributed by atoms with van der Waals surface area (Å²) in [5.74, 6) is 0.723. The second kappa shape index (κ2) is 8.09. The van der Waals surface area contributed by atoms with Crippen molar-refractivity contribution in [3.63, 3.8) is 0 Å². The van der Waals surface area contributed by atoms with Gasteiger partial charge in [-0.25, -0.2) is 0 Å². The van der Waals surface area contributed by atoms with Crippen LogP contribution < -0.4 is 10.6 Å². The largest absolute Gasteiger partial charge is 0.395 e. The molecule has 0 aliphatic heterocycles. The predicted octanol–water partition coefficient (Wildman–Crippen LogP) is 2.96. The first kappa shape index (κ1) is 16.7. The zero-order valence-corrected chi connectivity index (χ0v) is 14.2. The summed E-state index contributed by atoms with van der Waals surface area (Å²) >= 11 is 0. The fraction of sp³-hybridized carbons (Fsp3) is 0.600. The fourth-order valence-electron chi connectivity index (χ4n) is 3.84. The summed E-state index contributed by atoms with van der Waals surface area (Å²) < 4.78 is 0. The van der Waals surface area contributed by atoms with E-state index in [1.54, 1.807) is 0 Å². The summed E-state index contributed by atoms with van der Waals surface area (Å²) in [7, 11) is 0. The average molecular weight is 314 g/mol. The summed E-state index contributed by atoms with van der Waals surface area (Å²) in [6, 6.07) is 12.6. The summed E-state index contributed by atoms with van der Waals surface area (Å²) in [6.07, 6.45) is 8.60. The normalized spacial score (nSPS) is 31.1. The summed E-state index contributed by atoms with van der Waals surface area (Å²) in [6.45, 7) is 3.25. The molecule has 0 radical (unpaired) electrons. The molecular formula is C20H30N2O. The van der Waals surface area contributed by atoms with E-state index >= 15 is 0 Å². The highest BCUT2D eigenvalue weighted by Gasteiger charge is 2.39. The summed E-state index contributed by atoms with van der Waals surface area (Å²) in [5.41, 5.74) is 2.82. The number of aliphatic hydroxyl groups excluding tert-OH is 1. The molecule has 2 aliphatic rings. The standard InChI is InChI=1S/C20H30N2O/c1-15(13-16-5-3-2-4-6-16)19-14-20(19)22-18-9-7-17(8-10-18)21-11-12-23/h2-6,13,17-23H,7-12,14H2,1H3/b15-13+/t17?,18?,19-,20?/m0/s1. The lowest BCUT2D eigenvalue weighted by Crippen LogP contribution is -2.41. The van der Waals surface area contributed by atoms with Gasteiger partial charge in [0, 0.05) is 24.7 Å². The topological polar surface area (TPSA) is 44.3 Å². The van der Waals surface area contributed by atoms with Crippen LogP contribution in [0.4, 0.5) is 0 Å². The fourth-order valence-corrected chi connectivity index (χ4v) is 3.84. The quantitative estimate of drug-likeness (QED) is 0.725. The molecule has 2 fully saturated rings. The van der Waals surface area contributed by atoms with Crippen molar-refractivity contribution >= 4 is 6.08 Å². The van der Waals surface area contributed by atoms with Gasteiger partial charge in [-0.3, -0.25) is 0 Å². The lowest BCUT2D eigenvalue weighted by atomic mass is 9.91. The molecule has 126 valence electrons. The van der Waals surface area contributed by atoms with Crippen molar-refractivity contribution in [3.8, 4) is 0 Å². The van der Waals surface area contributed by atoms with Gasteiger partial charge >= 0.3 is 0 Å². The number of hydrogen-bond acceptors (Lipinski definition) is 3. The highest BCUT2D eigenvalue weighted by atomic mass is 16.3. The van der Waals surface area contributed by atoms with E-state index < -0.39 is 0 Å². The molecule has 3 N–H and O–H groups in total. The Bertz CT molecular complexity index is 506. The molecule has 0 amide bonds. The van der Waals surface area contributed by atoms with E-state index in [1.165, 1.54) is 43.2 Å². The Labute approximate surface area is 140 Å². The number of rotatable bonds is 7. The second-order valence-electron chi connectivity index (χ2n) is 7.14. The van der Waals surface area contributed by atoms with Crippen molar-refractivity contribution in [1.82, 2.24) is 10.6 Å². The van der Waals surface area contributed by atoms with Crippen LogP contribution in [0, 0.1) is 5.92 Å². The van der Waals surface area contributed by atoms with Gasteiger partial charge in [0.2, 0.25) is 0 Å². The van der Waals surface area contributed by atoms with Gasteiger partial charge in [-0.2, -0.15) is 0 Å². The van der Waals surface area contributed by atoms with Crippen molar-refractivity contribution < 1.29 is 5.11 Å². The summed E-state index contributed by atoms with van der Waals surface area (Å²) in [5, 5.41) is 16.2. The lowest BCUT2D eigenvalue weighted by molar-refractivity contribution is 0.258. The van der Waals surface area contributed by atoms with Gasteiger partial charge in [-0.05, 0) is 50.5 Å². The van der Waals surface area contributed by atoms with Crippen molar-refractivity contribution in [2.45, 2.75) is 57.2 Å². The van der Waals surface area contributed by atoms with Crippen molar-refractivity contribution in [2.75, 3.05) is 13.2 Å². The van der Waals surface area contributed by atoms with Crippen LogP contribution in [0.5, 0.6) is 0 Å². The van der Waals surface area contributed by atoms with Crippen LogP contribution in [0.2, 0.25) is 0 Å². The maximum absolute atomic E-state index is 8.88. The number of aliphatic hydroxyl groups is 1. The first-order chi connectivity index (χ1) is 11.3. The molecule has 3 heteroatoms. The van der Waals surface area contributed by atoms with E-state index in [4.69, 9.17) is 5.11 Å². The SMILES string of the molecule is C/C(=C\c1ccccc1)[C@@H]1CC1NC1CCC(NCCO)CC1. The van der Waals surface area contributed by atoms with Crippen molar-refractivity contribution in [1.29, 1.82) is 0 Å². The average Bonchev–Trinajstić information content (AvgIpc) is 3.34. The third-order valence-electron chi connectivity index (χ3n) is 5.29. The van der Waals surface area contributed by atoms with Crippen LogP contribution in [-0.4, -0.2) is 36.4 Å². The third-order valence-corrected chi connectivity index (χ3v) is 5.29. The number of benzene rings is 1. The Morgan fingerprint density at radius 3 is 2.52 bits per heavy atom. The Morgan fingerprint density at radius 1 is 1.13 bits per heavy atom. The molecule has 2 saturated carbocycles. The maximum Gasteiger partial charge on any atom is 0.0556 e. The highest BCUT2D eigenvalue weighted by molar-refractivity contribution is 5.53. The van der Waals surface area contributed by atoms with Gasteiger partial charge in [0.25, 0.3) is 0 Å². The first-order valence-corrected chi connectivity index (χ1v) is 9.10. The van der Waals surface area contributed by atoms with E-state index in [-0.39, 0.29) is 6.61 Å². The molecule has 3 rings (SSSR count). The molecule has 0 heterocycles. The van der Waals surface area contributed by atoms with Crippen LogP contribution in [0.25, 0.3) is 6.08 Å². The van der Waals surface area contributed by atoms with E-state index in [0.29, 0.717) is 18.1 Å². The molecule has 0 bridgehead atoms. The zero-order valence-electron chi connectivity index (χ0n) is 14.2. The van der Waals surface area contributed by atoms with E-state index in [0.717, 1.165) is 12.5 Å². The molecule has 1 unspecified atom stereocenters. The Morgan fingerprint density at radius 2 is 1.83 bits per heavy atom. The molecule has 2 aliphatic carbocycles. The van der Waals surface area contributed by atoms with Gasteiger partial charge < -0.3 is 15.7 Å². The van der Waals surface area contributed by atoms with Crippen molar-refractivity contribution in [2.24, 2.45) is 5.92 Å². The van der Waals surface area contributed by atoms with Crippen LogP contribution in [0.15, 0.2) is 35.9 Å². The monoisotopic (exact) mass is 314 g/mol. The molecule has 1 aromatic carbocycles. The van der Waals surface area contributed by atoms with Crippen molar-refractivity contribution in [3.05, 3.63) is 41.5 Å². The number of hydrogen-bond donors (Lipinski definition) is 3. The van der Waals surface area contributed by atoms with Crippen LogP contribution in [-0.2, 0) is 0 Å². The van der Waals surface area contributed by atoms with Gasteiger partial charge in [0.15, 0.2) is 0 Å². The first-order valence-electron chi connectivity index (χ1n) is 9.10. The van der Waals surface area contributed by atoms with Gasteiger partial charge in [0.1, 0.15) is 0 Å². The molecule has 0 spiro atoms. The minimum atomic E-state index is 0.245. The molecule has 23 heavy (non-hydrogen) atoms. The molecular weight excluding hydrogens is 284 g/mol.